The van der Waals surface area contributed by atoms with Crippen LogP contribution in [0.1, 0.15) is 273 Å². The molecule has 63 heavy (non-hydrogen) atoms. The van der Waals surface area contributed by atoms with Crippen molar-refractivity contribution in [1.29, 1.82) is 0 Å². The van der Waals surface area contributed by atoms with Crippen LogP contribution in [0.2, 0.25) is 0 Å². The summed E-state index contributed by atoms with van der Waals surface area (Å²) in [6, 6.07) is 0. The molecule has 0 spiro atoms. The maximum Gasteiger partial charge on any atom is 0.180 e. The first kappa shape index (κ1) is 62.2. The number of hydrogen-bond acceptors (Lipinski definition) is 7. The summed E-state index contributed by atoms with van der Waals surface area (Å²) < 4.78 is 43.1. The van der Waals surface area contributed by atoms with Gasteiger partial charge in [0, 0.05) is 26.4 Å². The van der Waals surface area contributed by atoms with Crippen molar-refractivity contribution in [2.24, 2.45) is 0 Å². The predicted molar refractivity (Wildman–Crippen MR) is 270 cm³/mol. The molecular formula is C56H110O7. The van der Waals surface area contributed by atoms with Crippen molar-refractivity contribution >= 4 is 0 Å². The van der Waals surface area contributed by atoms with Gasteiger partial charge in [0.05, 0.1) is 13.2 Å². The quantitative estimate of drug-likeness (QED) is 0.0342. The van der Waals surface area contributed by atoms with E-state index in [1.54, 1.807) is 0 Å². The van der Waals surface area contributed by atoms with Crippen LogP contribution < -0.4 is 0 Å². The lowest BCUT2D eigenvalue weighted by atomic mass is 10.1. The summed E-state index contributed by atoms with van der Waals surface area (Å²) in [5.41, 5.74) is 0. The molecular weight excluding hydrogens is 785 g/mol. The molecule has 0 rings (SSSR count). The summed E-state index contributed by atoms with van der Waals surface area (Å²) in [5, 5.41) is 0. The second-order valence-corrected chi connectivity index (χ2v) is 18.2. The van der Waals surface area contributed by atoms with Gasteiger partial charge in [-0.1, -0.05) is 195 Å². The molecule has 0 heterocycles. The molecule has 0 aliphatic heterocycles. The SMILES string of the molecule is CCCCCOC(C=CCCCCCCCCCCCC(OCCCC)OCCCC)OC(C=CCCCCCCCCCCCC(OCCCC)OCCCC)OCCCCC. The third-order valence-electron chi connectivity index (χ3n) is 11.7. The fourth-order valence-electron chi connectivity index (χ4n) is 7.42. The van der Waals surface area contributed by atoms with Crippen LogP contribution in [-0.2, 0) is 33.2 Å². The van der Waals surface area contributed by atoms with Gasteiger partial charge in [-0.05, 0) is 102 Å². The highest BCUT2D eigenvalue weighted by Gasteiger charge is 2.14. The van der Waals surface area contributed by atoms with Gasteiger partial charge in [-0.15, -0.1) is 0 Å². The lowest BCUT2D eigenvalue weighted by molar-refractivity contribution is -0.208. The second kappa shape index (κ2) is 53.8. The number of rotatable bonds is 54. The Morgan fingerprint density at radius 1 is 0.270 bits per heavy atom. The minimum Gasteiger partial charge on any atom is -0.353 e. The fraction of sp³-hybridized carbons (Fsp3) is 0.929. The summed E-state index contributed by atoms with van der Waals surface area (Å²) in [6.07, 6.45) is 51.7. The molecule has 0 amide bonds. The topological polar surface area (TPSA) is 64.6 Å². The largest absolute Gasteiger partial charge is 0.353 e. The van der Waals surface area contributed by atoms with E-state index in [0.29, 0.717) is 0 Å². The molecule has 0 aromatic rings. The first-order valence-corrected chi connectivity index (χ1v) is 27.8. The van der Waals surface area contributed by atoms with E-state index < -0.39 is 0 Å². The minimum absolute atomic E-state index is 0.00282. The van der Waals surface area contributed by atoms with E-state index in [2.05, 4.69) is 65.8 Å². The molecule has 2 atom stereocenters. The van der Waals surface area contributed by atoms with Crippen molar-refractivity contribution in [3.63, 3.8) is 0 Å². The molecule has 0 saturated carbocycles. The smallest absolute Gasteiger partial charge is 0.180 e. The second-order valence-electron chi connectivity index (χ2n) is 18.2. The Hall–Kier alpha value is -0.800. The molecule has 2 unspecified atom stereocenters. The van der Waals surface area contributed by atoms with Crippen molar-refractivity contribution in [3.05, 3.63) is 24.3 Å². The van der Waals surface area contributed by atoms with Gasteiger partial charge in [0.1, 0.15) is 0 Å². The number of allylic oxidation sites excluding steroid dienone is 2. The Morgan fingerprint density at radius 2 is 0.540 bits per heavy atom. The van der Waals surface area contributed by atoms with Crippen LogP contribution in [-0.4, -0.2) is 64.8 Å². The van der Waals surface area contributed by atoms with Gasteiger partial charge >= 0.3 is 0 Å². The predicted octanol–water partition coefficient (Wildman–Crippen LogP) is 17.7. The standard InChI is InChI=1S/C56H110O7/c1-7-13-41-51-61-55(45-39-35-31-27-23-19-21-25-29-33-37-43-53(57-47-15-9-3)58-48-16-10-4)63-56(62-52-42-14-8-2)46-40-36-32-28-24-20-22-26-30-34-38-44-54(59-49-17-11-5)60-50-18-12-6/h39-40,45-46,53-56H,7-38,41-44,47-52H2,1-6H3. The zero-order valence-corrected chi connectivity index (χ0v) is 43.2. The maximum atomic E-state index is 6.48. The molecule has 0 aliphatic rings. The zero-order valence-electron chi connectivity index (χ0n) is 43.2. The van der Waals surface area contributed by atoms with E-state index in [1.807, 2.05) is 0 Å². The highest BCUT2D eigenvalue weighted by Crippen LogP contribution is 2.17. The lowest BCUT2D eigenvalue weighted by Crippen LogP contribution is -2.25. The maximum absolute atomic E-state index is 6.48. The molecule has 7 nitrogen and oxygen atoms in total. The molecule has 0 aromatic heterocycles. The first-order valence-electron chi connectivity index (χ1n) is 27.8. The summed E-state index contributed by atoms with van der Waals surface area (Å²) in [5.74, 6) is 0. The van der Waals surface area contributed by atoms with Crippen LogP contribution in [0, 0.1) is 0 Å². The van der Waals surface area contributed by atoms with E-state index >= 15 is 0 Å². The molecule has 0 aliphatic carbocycles. The number of ether oxygens (including phenoxy) is 7. The lowest BCUT2D eigenvalue weighted by Gasteiger charge is -2.21. The van der Waals surface area contributed by atoms with E-state index in [9.17, 15) is 0 Å². The van der Waals surface area contributed by atoms with Gasteiger partial charge in [-0.3, -0.25) is 0 Å². The molecule has 7 heteroatoms. The minimum atomic E-state index is -0.372. The third kappa shape index (κ3) is 47.5. The monoisotopic (exact) mass is 895 g/mol. The number of hydrogen-bond donors (Lipinski definition) is 0. The molecule has 0 N–H and O–H groups in total. The number of unbranched alkanes of at least 4 members (excludes halogenated alkanes) is 26. The summed E-state index contributed by atoms with van der Waals surface area (Å²) in [6.45, 7) is 18.1. The van der Waals surface area contributed by atoms with Gasteiger partial charge in [0.25, 0.3) is 0 Å². The average Bonchev–Trinajstić information content (AvgIpc) is 3.29. The fourth-order valence-corrected chi connectivity index (χ4v) is 7.42. The zero-order chi connectivity index (χ0) is 45.8. The summed E-state index contributed by atoms with van der Waals surface area (Å²) in [4.78, 5) is 0. The van der Waals surface area contributed by atoms with E-state index in [1.165, 1.54) is 167 Å². The van der Waals surface area contributed by atoms with Gasteiger partial charge in [-0.25, -0.2) is 0 Å². The molecule has 376 valence electrons. The Balaban J connectivity index is 4.48. The Kier molecular flexibility index (Phi) is 53.1. The van der Waals surface area contributed by atoms with Crippen LogP contribution in [0.25, 0.3) is 0 Å². The van der Waals surface area contributed by atoms with E-state index in [4.69, 9.17) is 33.2 Å². The van der Waals surface area contributed by atoms with E-state index in [-0.39, 0.29) is 25.2 Å². The first-order chi connectivity index (χ1) is 31.1. The Bertz CT molecular complexity index is 807. The van der Waals surface area contributed by atoms with Crippen molar-refractivity contribution in [1.82, 2.24) is 0 Å². The van der Waals surface area contributed by atoms with Crippen LogP contribution >= 0.6 is 0 Å². The molecule has 0 aromatic carbocycles. The Morgan fingerprint density at radius 3 is 0.841 bits per heavy atom. The van der Waals surface area contributed by atoms with Crippen LogP contribution in [0.4, 0.5) is 0 Å². The summed E-state index contributed by atoms with van der Waals surface area (Å²) >= 11 is 0. The van der Waals surface area contributed by atoms with Gasteiger partial charge in [0.15, 0.2) is 25.2 Å². The average molecular weight is 895 g/mol. The van der Waals surface area contributed by atoms with Crippen molar-refractivity contribution in [2.75, 3.05) is 39.6 Å². The third-order valence-corrected chi connectivity index (χ3v) is 11.7. The molecule has 0 fully saturated rings. The normalized spacial score (nSPS) is 13.2. The van der Waals surface area contributed by atoms with Crippen LogP contribution in [0.3, 0.4) is 0 Å². The van der Waals surface area contributed by atoms with Crippen molar-refractivity contribution < 1.29 is 33.2 Å². The summed E-state index contributed by atoms with van der Waals surface area (Å²) in [7, 11) is 0. The van der Waals surface area contributed by atoms with Gasteiger partial charge in [0.2, 0.25) is 0 Å². The van der Waals surface area contributed by atoms with Gasteiger partial charge < -0.3 is 33.2 Å². The highest BCUT2D eigenvalue weighted by atomic mass is 16.8. The van der Waals surface area contributed by atoms with Crippen molar-refractivity contribution in [2.45, 2.75) is 298 Å². The van der Waals surface area contributed by atoms with Crippen molar-refractivity contribution in [3.8, 4) is 0 Å². The highest BCUT2D eigenvalue weighted by molar-refractivity contribution is 4.90. The molecule has 0 bridgehead atoms. The molecule has 0 radical (unpaired) electrons. The Labute approximate surface area is 393 Å². The van der Waals surface area contributed by atoms with Gasteiger partial charge in [-0.2, -0.15) is 0 Å². The molecule has 0 saturated heterocycles. The van der Waals surface area contributed by atoms with Crippen LogP contribution in [0.5, 0.6) is 0 Å². The van der Waals surface area contributed by atoms with Crippen LogP contribution in [0.15, 0.2) is 24.3 Å². The van der Waals surface area contributed by atoms with E-state index in [0.717, 1.165) is 104 Å².